The lowest BCUT2D eigenvalue weighted by Gasteiger charge is -2.23. The molecule has 0 aromatic heterocycles. The fraction of sp³-hybridized carbons (Fsp3) is 0.350. The van der Waals surface area contributed by atoms with Crippen molar-refractivity contribution < 1.29 is 9.64 Å². The topological polar surface area (TPSA) is 37.7 Å². The smallest absolute Gasteiger partial charge is 0.171 e. The van der Waals surface area contributed by atoms with E-state index < -0.39 is 0 Å². The third kappa shape index (κ3) is 5.73. The van der Waals surface area contributed by atoms with Gasteiger partial charge in [0.1, 0.15) is 11.8 Å². The quantitative estimate of drug-likeness (QED) is 0.665. The molecule has 0 saturated carbocycles. The molecule has 0 unspecified atom stereocenters. The second-order valence-electron chi connectivity index (χ2n) is 6.29. The lowest BCUT2D eigenvalue weighted by Crippen LogP contribution is -3.07. The largest absolute Gasteiger partial charge is 0.497 e. The zero-order valence-electron chi connectivity index (χ0n) is 15.4. The molecule has 0 saturated heterocycles. The number of likely N-dealkylation sites (N-methyl/N-ethyl adjacent to an activating group) is 1. The lowest BCUT2D eigenvalue weighted by molar-refractivity contribution is -0.890. The Morgan fingerprint density at radius 1 is 1.08 bits per heavy atom. The van der Waals surface area contributed by atoms with E-state index in [-0.39, 0.29) is 0 Å². The van der Waals surface area contributed by atoms with E-state index in [9.17, 15) is 0 Å². The van der Waals surface area contributed by atoms with Gasteiger partial charge < -0.3 is 20.3 Å². The number of rotatable bonds is 7. The molecule has 0 fully saturated rings. The maximum atomic E-state index is 5.44. The van der Waals surface area contributed by atoms with Gasteiger partial charge in [0.2, 0.25) is 0 Å². The van der Waals surface area contributed by atoms with Gasteiger partial charge in [-0.1, -0.05) is 19.1 Å². The zero-order valence-corrected chi connectivity index (χ0v) is 16.2. The van der Waals surface area contributed by atoms with E-state index in [4.69, 9.17) is 17.0 Å². The van der Waals surface area contributed by atoms with Crippen molar-refractivity contribution in [3.05, 3.63) is 59.7 Å². The Hall–Kier alpha value is -2.11. The first kappa shape index (κ1) is 19.2. The fourth-order valence-electron chi connectivity index (χ4n) is 2.69. The summed E-state index contributed by atoms with van der Waals surface area (Å²) in [7, 11) is 5.98. The van der Waals surface area contributed by atoms with Crippen molar-refractivity contribution in [3.8, 4) is 5.75 Å². The van der Waals surface area contributed by atoms with Crippen molar-refractivity contribution in [1.29, 1.82) is 0 Å². The molecule has 134 valence electrons. The maximum absolute atomic E-state index is 5.44. The number of hydrogen-bond acceptors (Lipinski definition) is 2. The molecule has 0 heterocycles. The first-order chi connectivity index (χ1) is 12.0. The van der Waals surface area contributed by atoms with Crippen LogP contribution in [0, 0.1) is 0 Å². The van der Waals surface area contributed by atoms with Crippen LogP contribution >= 0.6 is 12.2 Å². The van der Waals surface area contributed by atoms with E-state index in [1.807, 2.05) is 12.1 Å². The average molecular weight is 359 g/mol. The van der Waals surface area contributed by atoms with Gasteiger partial charge in [0, 0.05) is 11.3 Å². The summed E-state index contributed by atoms with van der Waals surface area (Å²) in [6.45, 7) is 2.91. The molecule has 4 nitrogen and oxygen atoms in total. The molecule has 5 heteroatoms. The van der Waals surface area contributed by atoms with Gasteiger partial charge in [-0.2, -0.15) is 0 Å². The van der Waals surface area contributed by atoms with E-state index in [0.29, 0.717) is 11.2 Å². The Morgan fingerprint density at radius 2 is 1.72 bits per heavy atom. The number of thiocarbonyl (C=S) groups is 1. The normalized spacial score (nSPS) is 11.9. The molecule has 0 radical (unpaired) electrons. The van der Waals surface area contributed by atoms with Crippen LogP contribution < -0.4 is 20.3 Å². The first-order valence-corrected chi connectivity index (χ1v) is 9.02. The standard InChI is InChI=1S/C20H27N3OS/c1-5-15-6-10-17(11-7-15)22-20(25)21-14-19(23(2)3)16-8-12-18(24-4)13-9-16/h6-13,19H,5,14H2,1-4H3,(H2,21,22,25)/p+1/t19-/m0/s1. The number of aryl methyl sites for hydroxylation is 1. The summed E-state index contributed by atoms with van der Waals surface area (Å²) in [5, 5.41) is 7.23. The van der Waals surface area contributed by atoms with Crippen molar-refractivity contribution in [2.45, 2.75) is 19.4 Å². The van der Waals surface area contributed by atoms with Crippen LogP contribution in [0.15, 0.2) is 48.5 Å². The SMILES string of the molecule is CCc1ccc(NC(=S)NC[C@@H](c2ccc(OC)cc2)[NH+](C)C)cc1. The summed E-state index contributed by atoms with van der Waals surface area (Å²) < 4.78 is 5.24. The van der Waals surface area contributed by atoms with Crippen LogP contribution in [0.25, 0.3) is 0 Å². The predicted molar refractivity (Wildman–Crippen MR) is 109 cm³/mol. The molecule has 2 rings (SSSR count). The maximum Gasteiger partial charge on any atom is 0.171 e. The highest BCUT2D eigenvalue weighted by atomic mass is 32.1. The lowest BCUT2D eigenvalue weighted by atomic mass is 10.1. The Balaban J connectivity index is 1.93. The van der Waals surface area contributed by atoms with Crippen LogP contribution in [0.4, 0.5) is 5.69 Å². The minimum Gasteiger partial charge on any atom is -0.497 e. The molecular formula is C20H28N3OS+. The summed E-state index contributed by atoms with van der Waals surface area (Å²) in [4.78, 5) is 1.34. The summed E-state index contributed by atoms with van der Waals surface area (Å²) in [5.41, 5.74) is 3.58. The van der Waals surface area contributed by atoms with Crippen molar-refractivity contribution in [2.24, 2.45) is 0 Å². The van der Waals surface area contributed by atoms with Crippen LogP contribution in [-0.4, -0.2) is 32.9 Å². The van der Waals surface area contributed by atoms with Gasteiger partial charge in [0.15, 0.2) is 5.11 Å². The van der Waals surface area contributed by atoms with Crippen molar-refractivity contribution >= 4 is 23.0 Å². The predicted octanol–water partition coefficient (Wildman–Crippen LogP) is 2.43. The summed E-state index contributed by atoms with van der Waals surface area (Å²) in [6, 6.07) is 16.9. The van der Waals surface area contributed by atoms with Gasteiger partial charge in [0.25, 0.3) is 0 Å². The third-order valence-corrected chi connectivity index (χ3v) is 4.55. The van der Waals surface area contributed by atoms with Crippen LogP contribution in [0.1, 0.15) is 24.1 Å². The third-order valence-electron chi connectivity index (χ3n) is 4.30. The van der Waals surface area contributed by atoms with E-state index in [1.165, 1.54) is 16.0 Å². The molecule has 1 atom stereocenters. The molecule has 0 bridgehead atoms. The van der Waals surface area contributed by atoms with Crippen molar-refractivity contribution in [2.75, 3.05) is 33.1 Å². The van der Waals surface area contributed by atoms with E-state index >= 15 is 0 Å². The summed E-state index contributed by atoms with van der Waals surface area (Å²) >= 11 is 5.44. The van der Waals surface area contributed by atoms with Gasteiger partial charge in [-0.15, -0.1) is 0 Å². The Morgan fingerprint density at radius 3 is 2.24 bits per heavy atom. The van der Waals surface area contributed by atoms with E-state index in [1.54, 1.807) is 7.11 Å². The molecule has 3 N–H and O–H groups in total. The highest BCUT2D eigenvalue weighted by Crippen LogP contribution is 2.15. The number of hydrogen-bond donors (Lipinski definition) is 3. The highest BCUT2D eigenvalue weighted by molar-refractivity contribution is 7.80. The van der Waals surface area contributed by atoms with Gasteiger partial charge in [-0.05, 0) is 60.6 Å². The van der Waals surface area contributed by atoms with Gasteiger partial charge in [-0.3, -0.25) is 0 Å². The Kier molecular flexibility index (Phi) is 7.22. The Bertz CT molecular complexity index is 668. The molecule has 0 aliphatic heterocycles. The van der Waals surface area contributed by atoms with Crippen LogP contribution in [0.3, 0.4) is 0 Å². The second kappa shape index (κ2) is 9.39. The molecule has 0 spiro atoms. The van der Waals surface area contributed by atoms with Crippen molar-refractivity contribution in [3.63, 3.8) is 0 Å². The van der Waals surface area contributed by atoms with E-state index in [0.717, 1.165) is 24.4 Å². The molecule has 25 heavy (non-hydrogen) atoms. The second-order valence-corrected chi connectivity index (χ2v) is 6.70. The molecular weight excluding hydrogens is 330 g/mol. The van der Waals surface area contributed by atoms with Crippen molar-refractivity contribution in [1.82, 2.24) is 5.32 Å². The number of ether oxygens (including phenoxy) is 1. The number of methoxy groups -OCH3 is 1. The van der Waals surface area contributed by atoms with Crippen LogP contribution in [0.5, 0.6) is 5.75 Å². The number of nitrogens with one attached hydrogen (secondary N) is 3. The minimum atomic E-state index is 0.299. The fourth-order valence-corrected chi connectivity index (χ4v) is 2.89. The summed E-state index contributed by atoms with van der Waals surface area (Å²) in [5.74, 6) is 0.872. The van der Waals surface area contributed by atoms with Gasteiger partial charge in [-0.25, -0.2) is 0 Å². The molecule has 2 aromatic rings. The first-order valence-electron chi connectivity index (χ1n) is 8.61. The highest BCUT2D eigenvalue weighted by Gasteiger charge is 2.18. The van der Waals surface area contributed by atoms with E-state index in [2.05, 4.69) is 68.1 Å². The zero-order chi connectivity index (χ0) is 18.2. The average Bonchev–Trinajstić information content (AvgIpc) is 2.62. The van der Waals surface area contributed by atoms with Crippen LogP contribution in [0.2, 0.25) is 0 Å². The van der Waals surface area contributed by atoms with Gasteiger partial charge in [0.05, 0.1) is 27.7 Å². The van der Waals surface area contributed by atoms with Gasteiger partial charge >= 0.3 is 0 Å². The minimum absolute atomic E-state index is 0.299. The number of benzene rings is 2. The molecule has 0 aliphatic rings. The van der Waals surface area contributed by atoms with Crippen LogP contribution in [-0.2, 0) is 6.42 Å². The molecule has 2 aromatic carbocycles. The summed E-state index contributed by atoms with van der Waals surface area (Å²) in [6.07, 6.45) is 1.04. The number of quaternary nitrogens is 1. The Labute approximate surface area is 156 Å². The molecule has 0 amide bonds. The monoisotopic (exact) mass is 358 g/mol. The number of anilines is 1. The molecule has 0 aliphatic carbocycles.